The number of unbranched alkanes of at least 4 members (excludes halogenated alkanes) is 1. The number of urea groups is 1. The molecule has 1 fully saturated rings. The molecule has 100 valence electrons. The zero-order chi connectivity index (χ0) is 12.5. The highest BCUT2D eigenvalue weighted by molar-refractivity contribution is 5.74. The van der Waals surface area contributed by atoms with Crippen LogP contribution in [0.25, 0.3) is 0 Å². The maximum absolute atomic E-state index is 11.8. The first kappa shape index (κ1) is 14.3. The van der Waals surface area contributed by atoms with E-state index in [4.69, 9.17) is 0 Å². The van der Waals surface area contributed by atoms with E-state index in [1.807, 2.05) is 4.90 Å². The Kier molecular flexibility index (Phi) is 7.01. The van der Waals surface area contributed by atoms with Gasteiger partial charge in [0.05, 0.1) is 0 Å². The van der Waals surface area contributed by atoms with Crippen molar-refractivity contribution in [3.8, 4) is 0 Å². The molecule has 4 nitrogen and oxygen atoms in total. The highest BCUT2D eigenvalue weighted by Gasteiger charge is 2.21. The molecule has 1 aliphatic rings. The predicted molar refractivity (Wildman–Crippen MR) is 71.2 cm³/mol. The van der Waals surface area contributed by atoms with E-state index in [1.165, 1.54) is 6.42 Å². The number of hydrogen-bond donors (Lipinski definition) is 2. The van der Waals surface area contributed by atoms with E-state index in [2.05, 4.69) is 24.5 Å². The van der Waals surface area contributed by atoms with Gasteiger partial charge in [-0.3, -0.25) is 0 Å². The molecule has 4 heteroatoms. The van der Waals surface area contributed by atoms with Crippen molar-refractivity contribution in [2.75, 3.05) is 26.2 Å². The molecule has 0 aliphatic carbocycles. The van der Waals surface area contributed by atoms with Crippen LogP contribution in [-0.4, -0.2) is 43.2 Å². The fraction of sp³-hybridized carbons (Fsp3) is 0.923. The van der Waals surface area contributed by atoms with Gasteiger partial charge in [-0.1, -0.05) is 20.3 Å². The number of rotatable bonds is 6. The third-order valence-corrected chi connectivity index (χ3v) is 3.27. The summed E-state index contributed by atoms with van der Waals surface area (Å²) in [4.78, 5) is 13.7. The number of piperidine rings is 1. The van der Waals surface area contributed by atoms with Gasteiger partial charge in [0, 0.05) is 25.7 Å². The summed E-state index contributed by atoms with van der Waals surface area (Å²) in [7, 11) is 0. The first-order valence-electron chi connectivity index (χ1n) is 7.04. The molecule has 0 aromatic carbocycles. The molecule has 0 radical (unpaired) electrons. The van der Waals surface area contributed by atoms with Crippen LogP contribution in [0.2, 0.25) is 0 Å². The molecule has 1 heterocycles. The zero-order valence-electron chi connectivity index (χ0n) is 11.3. The van der Waals surface area contributed by atoms with Gasteiger partial charge < -0.3 is 15.5 Å². The number of carbonyl (C=O) groups is 1. The Bertz CT molecular complexity index is 213. The van der Waals surface area contributed by atoms with Crippen molar-refractivity contribution in [2.45, 2.75) is 52.0 Å². The molecule has 1 rings (SSSR count). The molecule has 1 aliphatic heterocycles. The normalized spacial score (nSPS) is 17.2. The Labute approximate surface area is 105 Å². The molecule has 0 aromatic heterocycles. The average Bonchev–Trinajstić information content (AvgIpc) is 2.37. The minimum Gasteiger partial charge on any atom is -0.338 e. The van der Waals surface area contributed by atoms with E-state index in [0.717, 1.165) is 51.9 Å². The summed E-state index contributed by atoms with van der Waals surface area (Å²) in [5.41, 5.74) is 0. The van der Waals surface area contributed by atoms with Crippen LogP contribution in [0, 0.1) is 0 Å². The lowest BCUT2D eigenvalue weighted by Crippen LogP contribution is -2.48. The second kappa shape index (κ2) is 8.34. The molecular formula is C13H27N3O. The van der Waals surface area contributed by atoms with Crippen LogP contribution >= 0.6 is 0 Å². The van der Waals surface area contributed by atoms with Crippen LogP contribution in [0.5, 0.6) is 0 Å². The summed E-state index contributed by atoms with van der Waals surface area (Å²) in [6.07, 6.45) is 5.55. The third kappa shape index (κ3) is 5.39. The summed E-state index contributed by atoms with van der Waals surface area (Å²) in [6, 6.07) is 0.724. The first-order valence-corrected chi connectivity index (χ1v) is 7.04. The second-order valence-electron chi connectivity index (χ2n) is 4.80. The number of nitrogens with one attached hydrogen (secondary N) is 2. The fourth-order valence-corrected chi connectivity index (χ4v) is 2.12. The third-order valence-electron chi connectivity index (χ3n) is 3.27. The maximum atomic E-state index is 11.8. The molecule has 0 atom stereocenters. The summed E-state index contributed by atoms with van der Waals surface area (Å²) >= 11 is 0. The van der Waals surface area contributed by atoms with Crippen molar-refractivity contribution in [1.29, 1.82) is 0 Å². The van der Waals surface area contributed by atoms with Gasteiger partial charge in [-0.05, 0) is 32.2 Å². The standard InChI is InChI=1S/C13H27N3O/c1-3-5-9-15-13(17)16-10-6-12(7-11-16)14-8-4-2/h12,14H,3-11H2,1-2H3,(H,15,17). The van der Waals surface area contributed by atoms with Gasteiger partial charge in [-0.25, -0.2) is 4.79 Å². The minimum atomic E-state index is 0.118. The van der Waals surface area contributed by atoms with Crippen LogP contribution in [-0.2, 0) is 0 Å². The van der Waals surface area contributed by atoms with Crippen molar-refractivity contribution in [2.24, 2.45) is 0 Å². The van der Waals surface area contributed by atoms with Crippen molar-refractivity contribution in [1.82, 2.24) is 15.5 Å². The largest absolute Gasteiger partial charge is 0.338 e. The predicted octanol–water partition coefficient (Wildman–Crippen LogP) is 1.96. The van der Waals surface area contributed by atoms with E-state index < -0.39 is 0 Å². The van der Waals surface area contributed by atoms with Gasteiger partial charge in [-0.2, -0.15) is 0 Å². The lowest BCUT2D eigenvalue weighted by atomic mass is 10.1. The Hall–Kier alpha value is -0.770. The van der Waals surface area contributed by atoms with E-state index in [1.54, 1.807) is 0 Å². The smallest absolute Gasteiger partial charge is 0.317 e. The Morgan fingerprint density at radius 3 is 2.47 bits per heavy atom. The monoisotopic (exact) mass is 241 g/mol. The van der Waals surface area contributed by atoms with Gasteiger partial charge in [-0.15, -0.1) is 0 Å². The van der Waals surface area contributed by atoms with E-state index >= 15 is 0 Å². The number of hydrogen-bond acceptors (Lipinski definition) is 2. The zero-order valence-corrected chi connectivity index (χ0v) is 11.3. The van der Waals surface area contributed by atoms with E-state index in [-0.39, 0.29) is 6.03 Å². The van der Waals surface area contributed by atoms with Crippen molar-refractivity contribution >= 4 is 6.03 Å². The average molecular weight is 241 g/mol. The lowest BCUT2D eigenvalue weighted by Gasteiger charge is -2.32. The Morgan fingerprint density at radius 2 is 1.88 bits per heavy atom. The molecule has 0 spiro atoms. The molecular weight excluding hydrogens is 214 g/mol. The van der Waals surface area contributed by atoms with Gasteiger partial charge in [0.15, 0.2) is 0 Å². The highest BCUT2D eigenvalue weighted by Crippen LogP contribution is 2.10. The number of amides is 2. The van der Waals surface area contributed by atoms with Crippen LogP contribution in [0.3, 0.4) is 0 Å². The van der Waals surface area contributed by atoms with Gasteiger partial charge in [0.1, 0.15) is 0 Å². The topological polar surface area (TPSA) is 44.4 Å². The number of carbonyl (C=O) groups excluding carboxylic acids is 1. The van der Waals surface area contributed by atoms with Crippen LogP contribution in [0.4, 0.5) is 4.79 Å². The van der Waals surface area contributed by atoms with Crippen molar-refractivity contribution in [3.63, 3.8) is 0 Å². The van der Waals surface area contributed by atoms with Crippen molar-refractivity contribution in [3.05, 3.63) is 0 Å². The molecule has 0 bridgehead atoms. The quantitative estimate of drug-likeness (QED) is 0.698. The molecule has 1 saturated heterocycles. The van der Waals surface area contributed by atoms with Gasteiger partial charge in [0.2, 0.25) is 0 Å². The lowest BCUT2D eigenvalue weighted by molar-refractivity contribution is 0.176. The van der Waals surface area contributed by atoms with E-state index in [0.29, 0.717) is 6.04 Å². The van der Waals surface area contributed by atoms with Gasteiger partial charge >= 0.3 is 6.03 Å². The Morgan fingerprint density at radius 1 is 1.18 bits per heavy atom. The maximum Gasteiger partial charge on any atom is 0.317 e. The summed E-state index contributed by atoms with van der Waals surface area (Å²) in [5, 5.41) is 6.50. The fourth-order valence-electron chi connectivity index (χ4n) is 2.12. The van der Waals surface area contributed by atoms with Gasteiger partial charge in [0.25, 0.3) is 0 Å². The molecule has 17 heavy (non-hydrogen) atoms. The minimum absolute atomic E-state index is 0.118. The highest BCUT2D eigenvalue weighted by atomic mass is 16.2. The summed E-state index contributed by atoms with van der Waals surface area (Å²) < 4.78 is 0. The van der Waals surface area contributed by atoms with Crippen molar-refractivity contribution < 1.29 is 4.79 Å². The molecule has 0 aromatic rings. The molecule has 0 unspecified atom stereocenters. The second-order valence-corrected chi connectivity index (χ2v) is 4.80. The number of likely N-dealkylation sites (tertiary alicyclic amines) is 1. The summed E-state index contributed by atoms with van der Waals surface area (Å²) in [5.74, 6) is 0. The van der Waals surface area contributed by atoms with Crippen LogP contribution in [0.15, 0.2) is 0 Å². The number of nitrogens with zero attached hydrogens (tertiary/aromatic N) is 1. The van der Waals surface area contributed by atoms with Crippen LogP contribution in [0.1, 0.15) is 46.0 Å². The molecule has 0 saturated carbocycles. The van der Waals surface area contributed by atoms with Crippen LogP contribution < -0.4 is 10.6 Å². The first-order chi connectivity index (χ1) is 8.27. The molecule has 2 amide bonds. The Balaban J connectivity index is 2.15. The SMILES string of the molecule is CCCCNC(=O)N1CCC(NCCC)CC1. The molecule has 2 N–H and O–H groups in total. The van der Waals surface area contributed by atoms with E-state index in [9.17, 15) is 4.79 Å². The summed E-state index contributed by atoms with van der Waals surface area (Å²) in [6.45, 7) is 8.00.